The SMILES string of the molecule is COc1cccc2c1Oc1c(c(=O)[nH]c3ccccc13)O2. The monoisotopic (exact) mass is 281 g/mol. The maximum Gasteiger partial charge on any atom is 0.295 e. The van der Waals surface area contributed by atoms with Crippen LogP contribution in [0.2, 0.25) is 0 Å². The van der Waals surface area contributed by atoms with Gasteiger partial charge in [0.25, 0.3) is 5.56 Å². The molecule has 0 atom stereocenters. The van der Waals surface area contributed by atoms with E-state index in [1.807, 2.05) is 24.3 Å². The lowest BCUT2D eigenvalue weighted by molar-refractivity contribution is 0.328. The van der Waals surface area contributed by atoms with Crippen LogP contribution in [-0.4, -0.2) is 12.1 Å². The number of benzene rings is 2. The fraction of sp³-hybridized carbons (Fsp3) is 0.0625. The van der Waals surface area contributed by atoms with Crippen molar-refractivity contribution >= 4 is 10.9 Å². The van der Waals surface area contributed by atoms with Crippen LogP contribution in [-0.2, 0) is 0 Å². The van der Waals surface area contributed by atoms with Crippen molar-refractivity contribution in [1.29, 1.82) is 0 Å². The number of aromatic amines is 1. The van der Waals surface area contributed by atoms with Crippen molar-refractivity contribution in [2.75, 3.05) is 7.11 Å². The zero-order chi connectivity index (χ0) is 14.4. The number of H-pyrrole nitrogens is 1. The molecule has 0 fully saturated rings. The minimum absolute atomic E-state index is 0.162. The van der Waals surface area contributed by atoms with E-state index in [4.69, 9.17) is 14.2 Å². The third-order valence-corrected chi connectivity index (χ3v) is 3.41. The van der Waals surface area contributed by atoms with Crippen molar-refractivity contribution in [2.24, 2.45) is 0 Å². The van der Waals surface area contributed by atoms with Crippen molar-refractivity contribution in [3.8, 4) is 28.7 Å². The summed E-state index contributed by atoms with van der Waals surface area (Å²) >= 11 is 0. The van der Waals surface area contributed by atoms with E-state index in [9.17, 15) is 4.79 Å². The summed E-state index contributed by atoms with van der Waals surface area (Å²) in [4.78, 5) is 14.9. The van der Waals surface area contributed by atoms with Gasteiger partial charge in [0.2, 0.25) is 11.5 Å². The minimum Gasteiger partial charge on any atom is -0.493 e. The first-order valence-corrected chi connectivity index (χ1v) is 6.45. The second-order valence-corrected chi connectivity index (χ2v) is 4.65. The third kappa shape index (κ3) is 1.67. The predicted octanol–water partition coefficient (Wildman–Crippen LogP) is 3.43. The van der Waals surface area contributed by atoms with Gasteiger partial charge < -0.3 is 19.2 Å². The summed E-state index contributed by atoms with van der Waals surface area (Å²) in [5.41, 5.74) is 0.375. The summed E-state index contributed by atoms with van der Waals surface area (Å²) < 4.78 is 16.9. The Bertz CT molecular complexity index is 914. The average Bonchev–Trinajstić information content (AvgIpc) is 2.53. The van der Waals surface area contributed by atoms with Gasteiger partial charge in [-0.3, -0.25) is 4.79 Å². The van der Waals surface area contributed by atoms with E-state index in [0.29, 0.717) is 28.5 Å². The van der Waals surface area contributed by atoms with Crippen molar-refractivity contribution in [2.45, 2.75) is 0 Å². The van der Waals surface area contributed by atoms with Crippen molar-refractivity contribution < 1.29 is 14.2 Å². The van der Waals surface area contributed by atoms with E-state index in [1.54, 1.807) is 25.3 Å². The van der Waals surface area contributed by atoms with Gasteiger partial charge in [0.15, 0.2) is 17.2 Å². The first-order chi connectivity index (χ1) is 10.3. The molecule has 5 nitrogen and oxygen atoms in total. The number of fused-ring (bicyclic) bond motifs is 4. The molecule has 0 spiro atoms. The summed E-state index contributed by atoms with van der Waals surface area (Å²) in [6.45, 7) is 0. The van der Waals surface area contributed by atoms with E-state index in [1.165, 1.54) is 0 Å². The highest BCUT2D eigenvalue weighted by Crippen LogP contribution is 2.50. The molecule has 5 heteroatoms. The molecule has 0 radical (unpaired) electrons. The quantitative estimate of drug-likeness (QED) is 0.580. The first-order valence-electron chi connectivity index (χ1n) is 6.45. The number of ether oxygens (including phenoxy) is 3. The molecule has 4 rings (SSSR count). The summed E-state index contributed by atoms with van der Waals surface area (Å²) in [5.74, 6) is 2.06. The number of pyridine rings is 1. The Morgan fingerprint density at radius 1 is 0.952 bits per heavy atom. The molecule has 0 saturated carbocycles. The van der Waals surface area contributed by atoms with E-state index < -0.39 is 0 Å². The van der Waals surface area contributed by atoms with Crippen LogP contribution >= 0.6 is 0 Å². The van der Waals surface area contributed by atoms with Crippen LogP contribution in [0.15, 0.2) is 47.3 Å². The van der Waals surface area contributed by atoms with Gasteiger partial charge in [-0.15, -0.1) is 0 Å². The fourth-order valence-corrected chi connectivity index (χ4v) is 2.44. The highest BCUT2D eigenvalue weighted by molar-refractivity contribution is 5.88. The van der Waals surface area contributed by atoms with E-state index in [0.717, 1.165) is 5.39 Å². The van der Waals surface area contributed by atoms with Crippen LogP contribution in [0.1, 0.15) is 0 Å². The molecule has 0 saturated heterocycles. The normalized spacial score (nSPS) is 12.0. The van der Waals surface area contributed by atoms with Crippen LogP contribution in [0.25, 0.3) is 10.9 Å². The first kappa shape index (κ1) is 11.8. The molecule has 2 aromatic carbocycles. The van der Waals surface area contributed by atoms with E-state index in [-0.39, 0.29) is 11.3 Å². The summed E-state index contributed by atoms with van der Waals surface area (Å²) in [6.07, 6.45) is 0. The number of hydrogen-bond donors (Lipinski definition) is 1. The van der Waals surface area contributed by atoms with Crippen LogP contribution in [0.5, 0.6) is 28.7 Å². The predicted molar refractivity (Wildman–Crippen MR) is 77.7 cm³/mol. The Kier molecular flexibility index (Phi) is 2.41. The molecule has 0 bridgehead atoms. The number of rotatable bonds is 1. The molecule has 1 aliphatic heterocycles. The van der Waals surface area contributed by atoms with Gasteiger partial charge in [0.1, 0.15) is 0 Å². The molecule has 1 aromatic heterocycles. The number of hydrogen-bond acceptors (Lipinski definition) is 4. The van der Waals surface area contributed by atoms with Gasteiger partial charge >= 0.3 is 0 Å². The topological polar surface area (TPSA) is 60.5 Å². The molecule has 104 valence electrons. The molecule has 3 aromatic rings. The van der Waals surface area contributed by atoms with Crippen molar-refractivity contribution in [3.63, 3.8) is 0 Å². The Balaban J connectivity index is 2.01. The smallest absolute Gasteiger partial charge is 0.295 e. The Labute approximate surface area is 119 Å². The van der Waals surface area contributed by atoms with Crippen LogP contribution in [0.4, 0.5) is 0 Å². The number of aromatic nitrogens is 1. The van der Waals surface area contributed by atoms with Gasteiger partial charge in [-0.05, 0) is 24.3 Å². The standard InChI is InChI=1S/C16H11NO4/c1-19-11-7-4-8-12-14(11)21-13-9-5-2-3-6-10(9)17-16(18)15(13)20-12/h2-8H,1H3,(H,17,18). The molecule has 1 aliphatic rings. The number of nitrogens with one attached hydrogen (secondary N) is 1. The van der Waals surface area contributed by atoms with Crippen molar-refractivity contribution in [3.05, 3.63) is 52.8 Å². The lowest BCUT2D eigenvalue weighted by Gasteiger charge is -2.22. The Hall–Kier alpha value is -2.95. The second-order valence-electron chi connectivity index (χ2n) is 4.65. The lowest BCUT2D eigenvalue weighted by Crippen LogP contribution is -2.13. The zero-order valence-electron chi connectivity index (χ0n) is 11.2. The molecule has 0 amide bonds. The van der Waals surface area contributed by atoms with Gasteiger partial charge in [-0.1, -0.05) is 18.2 Å². The maximum absolute atomic E-state index is 12.2. The molecule has 0 aliphatic carbocycles. The van der Waals surface area contributed by atoms with Crippen LogP contribution < -0.4 is 19.8 Å². The number of para-hydroxylation sites is 2. The Morgan fingerprint density at radius 3 is 2.67 bits per heavy atom. The summed E-state index contributed by atoms with van der Waals surface area (Å²) in [7, 11) is 1.56. The highest BCUT2D eigenvalue weighted by atomic mass is 16.6. The van der Waals surface area contributed by atoms with E-state index >= 15 is 0 Å². The van der Waals surface area contributed by atoms with E-state index in [2.05, 4.69) is 4.98 Å². The van der Waals surface area contributed by atoms with Gasteiger partial charge in [-0.25, -0.2) is 0 Å². The van der Waals surface area contributed by atoms with Gasteiger partial charge in [-0.2, -0.15) is 0 Å². The van der Waals surface area contributed by atoms with Crippen LogP contribution in [0, 0.1) is 0 Å². The minimum atomic E-state index is -0.322. The van der Waals surface area contributed by atoms with Gasteiger partial charge in [0, 0.05) is 5.39 Å². The fourth-order valence-electron chi connectivity index (χ4n) is 2.44. The second kappa shape index (κ2) is 4.28. The Morgan fingerprint density at radius 2 is 1.81 bits per heavy atom. The van der Waals surface area contributed by atoms with Crippen LogP contribution in [0.3, 0.4) is 0 Å². The average molecular weight is 281 g/mol. The molecule has 21 heavy (non-hydrogen) atoms. The molecule has 0 unspecified atom stereocenters. The largest absolute Gasteiger partial charge is 0.493 e. The molecule has 1 N–H and O–H groups in total. The lowest BCUT2D eigenvalue weighted by atomic mass is 10.1. The maximum atomic E-state index is 12.2. The molecular formula is C16H11NO4. The summed E-state index contributed by atoms with van der Waals surface area (Å²) in [5, 5.41) is 0.781. The number of methoxy groups -OCH3 is 1. The third-order valence-electron chi connectivity index (χ3n) is 3.41. The molecule has 2 heterocycles. The highest BCUT2D eigenvalue weighted by Gasteiger charge is 2.26. The summed E-state index contributed by atoms with van der Waals surface area (Å²) in [6, 6.07) is 12.7. The molecular weight excluding hydrogens is 270 g/mol. The van der Waals surface area contributed by atoms with Crippen molar-refractivity contribution in [1.82, 2.24) is 4.98 Å². The zero-order valence-corrected chi connectivity index (χ0v) is 11.2. The van der Waals surface area contributed by atoms with Gasteiger partial charge in [0.05, 0.1) is 12.6 Å².